The maximum Gasteiger partial charge on any atom is 0.224 e. The zero-order chi connectivity index (χ0) is 20.8. The number of carbonyl (C=O) groups excluding carboxylic acids is 1. The van der Waals surface area contributed by atoms with E-state index in [4.69, 9.17) is 0 Å². The van der Waals surface area contributed by atoms with Gasteiger partial charge in [0.05, 0.1) is 12.1 Å². The number of rotatable bonds is 7. The Kier molecular flexibility index (Phi) is 5.66. The summed E-state index contributed by atoms with van der Waals surface area (Å²) in [6.07, 6.45) is 1.85. The van der Waals surface area contributed by atoms with Crippen LogP contribution in [0.1, 0.15) is 23.6 Å². The molecular weight excluding hydrogens is 374 g/mol. The molecule has 0 aliphatic carbocycles. The summed E-state index contributed by atoms with van der Waals surface area (Å²) in [5, 5.41) is 14.3. The van der Waals surface area contributed by atoms with Gasteiger partial charge < -0.3 is 5.32 Å². The minimum atomic E-state index is -0.317. The first kappa shape index (κ1) is 19.5. The first-order valence-corrected chi connectivity index (χ1v) is 9.85. The molecule has 0 unspecified atom stereocenters. The van der Waals surface area contributed by atoms with E-state index in [1.54, 1.807) is 4.68 Å². The Labute approximate surface area is 175 Å². The number of aromatic nitrogens is 4. The molecule has 6 heteroatoms. The van der Waals surface area contributed by atoms with Crippen molar-refractivity contribution in [3.8, 4) is 5.69 Å². The summed E-state index contributed by atoms with van der Waals surface area (Å²) in [4.78, 5) is 12.7. The highest BCUT2D eigenvalue weighted by Gasteiger charge is 2.29. The van der Waals surface area contributed by atoms with Crippen LogP contribution in [0.5, 0.6) is 0 Å². The van der Waals surface area contributed by atoms with E-state index < -0.39 is 0 Å². The van der Waals surface area contributed by atoms with Gasteiger partial charge in [0.1, 0.15) is 6.33 Å². The first-order valence-electron chi connectivity index (χ1n) is 9.85. The predicted octanol–water partition coefficient (Wildman–Crippen LogP) is 3.33. The highest BCUT2D eigenvalue weighted by atomic mass is 16.1. The normalized spacial score (nSPS) is 11.2. The number of hydrogen-bond donors (Lipinski definition) is 1. The summed E-state index contributed by atoms with van der Waals surface area (Å²) in [6.45, 7) is 2.68. The van der Waals surface area contributed by atoms with Gasteiger partial charge in [-0.1, -0.05) is 72.8 Å². The third-order valence-electron chi connectivity index (χ3n) is 5.38. The van der Waals surface area contributed by atoms with E-state index in [9.17, 15) is 4.79 Å². The highest BCUT2D eigenvalue weighted by Crippen LogP contribution is 2.31. The van der Waals surface area contributed by atoms with Crippen LogP contribution in [0, 0.1) is 0 Å². The number of benzene rings is 3. The van der Waals surface area contributed by atoms with Crippen LogP contribution in [-0.2, 0) is 16.6 Å². The van der Waals surface area contributed by atoms with Gasteiger partial charge in [-0.25, -0.2) is 4.68 Å². The molecule has 1 amide bonds. The quantitative estimate of drug-likeness (QED) is 0.519. The molecule has 1 heterocycles. The molecule has 3 aromatic carbocycles. The molecule has 0 aliphatic rings. The second-order valence-corrected chi connectivity index (χ2v) is 7.44. The van der Waals surface area contributed by atoms with Crippen molar-refractivity contribution in [3.63, 3.8) is 0 Å². The number of tetrazole rings is 1. The predicted molar refractivity (Wildman–Crippen MR) is 115 cm³/mol. The molecule has 0 saturated carbocycles. The van der Waals surface area contributed by atoms with Crippen molar-refractivity contribution in [2.45, 2.75) is 18.8 Å². The van der Waals surface area contributed by atoms with Crippen molar-refractivity contribution in [2.75, 3.05) is 6.54 Å². The van der Waals surface area contributed by atoms with E-state index in [2.05, 4.69) is 52.0 Å². The van der Waals surface area contributed by atoms with Crippen molar-refractivity contribution >= 4 is 5.91 Å². The summed E-state index contributed by atoms with van der Waals surface area (Å²) in [5.41, 5.74) is 3.81. The van der Waals surface area contributed by atoms with Gasteiger partial charge >= 0.3 is 0 Å². The average Bonchev–Trinajstić information content (AvgIpc) is 3.34. The molecule has 30 heavy (non-hydrogen) atoms. The summed E-state index contributed by atoms with van der Waals surface area (Å²) in [7, 11) is 0. The van der Waals surface area contributed by atoms with Crippen molar-refractivity contribution in [2.24, 2.45) is 0 Å². The van der Waals surface area contributed by atoms with E-state index in [0.717, 1.165) is 11.3 Å². The van der Waals surface area contributed by atoms with Crippen LogP contribution in [-0.4, -0.2) is 32.7 Å². The Morgan fingerprint density at radius 1 is 0.900 bits per heavy atom. The van der Waals surface area contributed by atoms with Gasteiger partial charge in [0.15, 0.2) is 0 Å². The molecule has 150 valence electrons. The molecular formula is C24H23N5O. The summed E-state index contributed by atoms with van der Waals surface area (Å²) < 4.78 is 1.58. The van der Waals surface area contributed by atoms with E-state index in [0.29, 0.717) is 13.0 Å². The number of carbonyl (C=O) groups is 1. The molecule has 4 aromatic rings. The van der Waals surface area contributed by atoms with Crippen molar-refractivity contribution in [1.82, 2.24) is 25.5 Å². The van der Waals surface area contributed by atoms with E-state index >= 15 is 0 Å². The fraction of sp³-hybridized carbons (Fsp3) is 0.167. The first-order chi connectivity index (χ1) is 14.6. The second kappa shape index (κ2) is 8.69. The van der Waals surface area contributed by atoms with Gasteiger partial charge in [-0.3, -0.25) is 4.79 Å². The third kappa shape index (κ3) is 4.27. The number of hydrogen-bond acceptors (Lipinski definition) is 4. The van der Waals surface area contributed by atoms with Gasteiger partial charge in [0.2, 0.25) is 5.91 Å². The Morgan fingerprint density at radius 2 is 1.50 bits per heavy atom. The molecule has 0 aliphatic heterocycles. The lowest BCUT2D eigenvalue weighted by Gasteiger charge is -2.31. The van der Waals surface area contributed by atoms with Crippen LogP contribution in [0.25, 0.3) is 5.69 Å². The number of nitrogens with one attached hydrogen (secondary N) is 1. The molecule has 0 saturated heterocycles. The van der Waals surface area contributed by atoms with Crippen LogP contribution in [0.4, 0.5) is 0 Å². The van der Waals surface area contributed by atoms with Gasteiger partial charge in [-0.2, -0.15) is 0 Å². The van der Waals surface area contributed by atoms with Gasteiger partial charge in [0.25, 0.3) is 0 Å². The van der Waals surface area contributed by atoms with Gasteiger partial charge in [-0.05, 0) is 46.2 Å². The fourth-order valence-electron chi connectivity index (χ4n) is 3.55. The van der Waals surface area contributed by atoms with Crippen LogP contribution in [0.15, 0.2) is 91.3 Å². The fourth-order valence-corrected chi connectivity index (χ4v) is 3.55. The minimum Gasteiger partial charge on any atom is -0.355 e. The molecule has 0 bridgehead atoms. The van der Waals surface area contributed by atoms with Crippen LogP contribution in [0.2, 0.25) is 0 Å². The molecule has 6 nitrogen and oxygen atoms in total. The third-order valence-corrected chi connectivity index (χ3v) is 5.38. The Balaban J connectivity index is 1.45. The lowest BCUT2D eigenvalue weighted by Crippen LogP contribution is -2.40. The smallest absolute Gasteiger partial charge is 0.224 e. The molecule has 4 rings (SSSR count). The van der Waals surface area contributed by atoms with E-state index in [1.165, 1.54) is 17.5 Å². The van der Waals surface area contributed by atoms with Crippen molar-refractivity contribution < 1.29 is 4.79 Å². The number of amides is 1. The van der Waals surface area contributed by atoms with E-state index in [1.807, 2.05) is 60.7 Å². The molecule has 1 N–H and O–H groups in total. The van der Waals surface area contributed by atoms with Gasteiger partial charge in [-0.15, -0.1) is 5.10 Å². The van der Waals surface area contributed by atoms with Crippen LogP contribution >= 0.6 is 0 Å². The lowest BCUT2D eigenvalue weighted by molar-refractivity contribution is -0.120. The minimum absolute atomic E-state index is 0.0109. The topological polar surface area (TPSA) is 72.7 Å². The zero-order valence-corrected chi connectivity index (χ0v) is 16.8. The molecule has 0 spiro atoms. The standard InChI is InChI=1S/C24H23N5O/c1-24(20-8-4-2-5-9-20,21-10-6-3-7-11-21)17-25-23(30)16-19-12-14-22(15-13-19)29-18-26-27-28-29/h2-15,18H,16-17H2,1H3,(H,25,30). The molecule has 0 atom stereocenters. The monoisotopic (exact) mass is 397 g/mol. The molecule has 0 radical (unpaired) electrons. The molecule has 1 aromatic heterocycles. The van der Waals surface area contributed by atoms with Crippen LogP contribution in [0.3, 0.4) is 0 Å². The summed E-state index contributed by atoms with van der Waals surface area (Å²) in [5.74, 6) is -0.0109. The Morgan fingerprint density at radius 3 is 2.03 bits per heavy atom. The van der Waals surface area contributed by atoms with Crippen molar-refractivity contribution in [3.05, 3.63) is 108 Å². The SMILES string of the molecule is CC(CNC(=O)Cc1ccc(-n2cnnn2)cc1)(c1ccccc1)c1ccccc1. The lowest BCUT2D eigenvalue weighted by atomic mass is 9.76. The second-order valence-electron chi connectivity index (χ2n) is 7.44. The zero-order valence-electron chi connectivity index (χ0n) is 16.8. The van der Waals surface area contributed by atoms with Crippen LogP contribution < -0.4 is 5.32 Å². The van der Waals surface area contributed by atoms with Gasteiger partial charge in [0, 0.05) is 12.0 Å². The number of nitrogens with zero attached hydrogens (tertiary/aromatic N) is 4. The highest BCUT2D eigenvalue weighted by molar-refractivity contribution is 5.78. The summed E-state index contributed by atoms with van der Waals surface area (Å²) in [6, 6.07) is 28.2. The summed E-state index contributed by atoms with van der Waals surface area (Å²) >= 11 is 0. The Hall–Kier alpha value is -3.80. The maximum atomic E-state index is 12.7. The maximum absolute atomic E-state index is 12.7. The Bertz CT molecular complexity index is 1040. The molecule has 0 fully saturated rings. The largest absolute Gasteiger partial charge is 0.355 e. The van der Waals surface area contributed by atoms with Crippen molar-refractivity contribution in [1.29, 1.82) is 0 Å². The van der Waals surface area contributed by atoms with E-state index in [-0.39, 0.29) is 11.3 Å². The average molecular weight is 397 g/mol.